The molecule has 0 aromatic carbocycles. The summed E-state index contributed by atoms with van der Waals surface area (Å²) < 4.78 is 25.3. The van der Waals surface area contributed by atoms with E-state index in [1.165, 1.54) is 6.92 Å². The van der Waals surface area contributed by atoms with Gasteiger partial charge in [0.1, 0.15) is 0 Å². The highest BCUT2D eigenvalue weighted by Crippen LogP contribution is 2.16. The first kappa shape index (κ1) is 12.5. The molecule has 1 atom stereocenters. The summed E-state index contributed by atoms with van der Waals surface area (Å²) in [5, 5.41) is 14.0. The third-order valence-electron chi connectivity index (χ3n) is 2.11. The molecular formula is C9H14N4O2S. The molecule has 7 heteroatoms. The number of H-pyrrole nitrogens is 1. The third-order valence-corrected chi connectivity index (χ3v) is 3.64. The zero-order valence-electron chi connectivity index (χ0n) is 9.35. The van der Waals surface area contributed by atoms with Crippen LogP contribution in [0.15, 0.2) is 6.07 Å². The van der Waals surface area contributed by atoms with E-state index in [2.05, 4.69) is 14.9 Å². The van der Waals surface area contributed by atoms with Gasteiger partial charge in [-0.25, -0.2) is 8.42 Å². The molecule has 88 valence electrons. The Labute approximate surface area is 94.7 Å². The van der Waals surface area contributed by atoms with E-state index >= 15 is 0 Å². The lowest BCUT2D eigenvalue weighted by atomic mass is 10.1. The lowest BCUT2D eigenvalue weighted by molar-refractivity contribution is 0.597. The molecule has 0 aliphatic heterocycles. The minimum Gasteiger partial charge on any atom is -0.280 e. The molecule has 2 N–H and O–H groups in total. The van der Waals surface area contributed by atoms with E-state index in [4.69, 9.17) is 5.26 Å². The maximum Gasteiger partial charge on any atom is 0.250 e. The second-order valence-electron chi connectivity index (χ2n) is 3.78. The van der Waals surface area contributed by atoms with Crippen molar-refractivity contribution in [3.05, 3.63) is 11.8 Å². The van der Waals surface area contributed by atoms with Crippen molar-refractivity contribution in [1.29, 1.82) is 5.26 Å². The van der Waals surface area contributed by atoms with E-state index in [0.717, 1.165) is 5.69 Å². The van der Waals surface area contributed by atoms with Crippen molar-refractivity contribution < 1.29 is 8.42 Å². The van der Waals surface area contributed by atoms with Crippen molar-refractivity contribution in [2.24, 2.45) is 0 Å². The van der Waals surface area contributed by atoms with Gasteiger partial charge < -0.3 is 0 Å². The number of nitrogens with one attached hydrogen (secondary N) is 2. The van der Waals surface area contributed by atoms with Gasteiger partial charge in [-0.3, -0.25) is 9.82 Å². The van der Waals surface area contributed by atoms with E-state index in [9.17, 15) is 8.42 Å². The lowest BCUT2D eigenvalue weighted by Gasteiger charge is -2.05. The van der Waals surface area contributed by atoms with Crippen molar-refractivity contribution in [1.82, 2.24) is 10.2 Å². The number of aromatic amines is 1. The Morgan fingerprint density at radius 2 is 2.12 bits per heavy atom. The standard InChI is InChI=1S/C9H14N4O2S/c1-6(2)8-4-9(12-11-8)13-16(14,15)7(3)5-10/h4,6-7H,1-3H3,(H2,11,12,13). The van der Waals surface area contributed by atoms with Gasteiger partial charge in [0.15, 0.2) is 11.1 Å². The van der Waals surface area contributed by atoms with Crippen LogP contribution in [0.3, 0.4) is 0 Å². The summed E-state index contributed by atoms with van der Waals surface area (Å²) in [5.41, 5.74) is 0.835. The average Bonchev–Trinajstić information content (AvgIpc) is 2.64. The minimum atomic E-state index is -3.67. The molecular weight excluding hydrogens is 228 g/mol. The molecule has 0 saturated heterocycles. The van der Waals surface area contributed by atoms with Gasteiger partial charge in [-0.2, -0.15) is 10.4 Å². The fraction of sp³-hybridized carbons (Fsp3) is 0.556. The summed E-state index contributed by atoms with van der Waals surface area (Å²) in [5.74, 6) is 0.449. The summed E-state index contributed by atoms with van der Waals surface area (Å²) in [6.45, 7) is 5.24. The van der Waals surface area contributed by atoms with E-state index in [-0.39, 0.29) is 11.7 Å². The Bertz CT molecular complexity index is 498. The molecule has 1 rings (SSSR count). The number of hydrogen-bond acceptors (Lipinski definition) is 4. The Hall–Kier alpha value is -1.55. The van der Waals surface area contributed by atoms with Gasteiger partial charge in [-0.1, -0.05) is 13.8 Å². The molecule has 0 bridgehead atoms. The van der Waals surface area contributed by atoms with Crippen LogP contribution in [-0.4, -0.2) is 23.9 Å². The number of aromatic nitrogens is 2. The Morgan fingerprint density at radius 3 is 2.56 bits per heavy atom. The second-order valence-corrected chi connectivity index (χ2v) is 5.78. The SMILES string of the molecule is CC(C)c1cc(NS(=O)(=O)C(C)C#N)n[nH]1. The summed E-state index contributed by atoms with van der Waals surface area (Å²) >= 11 is 0. The largest absolute Gasteiger partial charge is 0.280 e. The fourth-order valence-electron chi connectivity index (χ4n) is 0.988. The molecule has 0 radical (unpaired) electrons. The number of anilines is 1. The maximum atomic E-state index is 11.5. The zero-order chi connectivity index (χ0) is 12.3. The molecule has 1 unspecified atom stereocenters. The van der Waals surface area contributed by atoms with Crippen LogP contribution >= 0.6 is 0 Å². The molecule has 1 heterocycles. The van der Waals surface area contributed by atoms with Crippen LogP contribution in [0.5, 0.6) is 0 Å². The highest BCUT2D eigenvalue weighted by atomic mass is 32.2. The quantitative estimate of drug-likeness (QED) is 0.828. The monoisotopic (exact) mass is 242 g/mol. The van der Waals surface area contributed by atoms with Crippen molar-refractivity contribution in [2.45, 2.75) is 31.9 Å². The molecule has 1 aromatic rings. The highest BCUT2D eigenvalue weighted by molar-refractivity contribution is 7.93. The summed E-state index contributed by atoms with van der Waals surface area (Å²) in [4.78, 5) is 0. The van der Waals surface area contributed by atoms with E-state index in [0.29, 0.717) is 0 Å². The molecule has 0 aliphatic carbocycles. The average molecular weight is 242 g/mol. The normalized spacial score (nSPS) is 13.4. The van der Waals surface area contributed by atoms with Gasteiger partial charge in [0, 0.05) is 11.8 Å². The number of nitriles is 1. The van der Waals surface area contributed by atoms with Crippen LogP contribution in [-0.2, 0) is 10.0 Å². The van der Waals surface area contributed by atoms with Crippen LogP contribution in [0, 0.1) is 11.3 Å². The summed E-state index contributed by atoms with van der Waals surface area (Å²) in [6, 6.07) is 3.28. The van der Waals surface area contributed by atoms with Gasteiger partial charge in [-0.15, -0.1) is 0 Å². The molecule has 1 aromatic heterocycles. The third kappa shape index (κ3) is 2.73. The number of hydrogen-bond donors (Lipinski definition) is 2. The van der Waals surface area contributed by atoms with Crippen molar-refractivity contribution >= 4 is 15.8 Å². The minimum absolute atomic E-state index is 0.214. The van der Waals surface area contributed by atoms with Crippen LogP contribution in [0.25, 0.3) is 0 Å². The van der Waals surface area contributed by atoms with E-state index in [1.807, 2.05) is 13.8 Å². The lowest BCUT2D eigenvalue weighted by Crippen LogP contribution is -2.23. The van der Waals surface area contributed by atoms with Gasteiger partial charge in [0.25, 0.3) is 0 Å². The van der Waals surface area contributed by atoms with E-state index < -0.39 is 15.3 Å². The molecule has 0 fully saturated rings. The first-order valence-electron chi connectivity index (χ1n) is 4.83. The van der Waals surface area contributed by atoms with Crippen LogP contribution in [0.1, 0.15) is 32.4 Å². The maximum absolute atomic E-state index is 11.5. The van der Waals surface area contributed by atoms with Gasteiger partial charge in [-0.05, 0) is 12.8 Å². The highest BCUT2D eigenvalue weighted by Gasteiger charge is 2.21. The predicted octanol–water partition coefficient (Wildman–Crippen LogP) is 1.19. The molecule has 0 saturated carbocycles. The Morgan fingerprint density at radius 1 is 1.50 bits per heavy atom. The first-order valence-corrected chi connectivity index (χ1v) is 6.38. The molecule has 0 amide bonds. The van der Waals surface area contributed by atoms with E-state index in [1.54, 1.807) is 12.1 Å². The van der Waals surface area contributed by atoms with Gasteiger partial charge in [0.05, 0.1) is 6.07 Å². The van der Waals surface area contributed by atoms with Crippen molar-refractivity contribution in [3.8, 4) is 6.07 Å². The Balaban J connectivity index is 2.86. The summed E-state index contributed by atoms with van der Waals surface area (Å²) in [7, 11) is -3.67. The number of rotatable bonds is 4. The van der Waals surface area contributed by atoms with Gasteiger partial charge >= 0.3 is 0 Å². The Kier molecular flexibility index (Phi) is 3.55. The molecule has 0 aliphatic rings. The zero-order valence-corrected chi connectivity index (χ0v) is 10.2. The predicted molar refractivity (Wildman–Crippen MR) is 60.3 cm³/mol. The summed E-state index contributed by atoms with van der Waals surface area (Å²) in [6.07, 6.45) is 0. The fourth-order valence-corrected chi connectivity index (χ4v) is 1.70. The molecule has 0 spiro atoms. The molecule has 16 heavy (non-hydrogen) atoms. The van der Waals surface area contributed by atoms with Crippen LogP contribution in [0.2, 0.25) is 0 Å². The number of nitrogens with zero attached hydrogens (tertiary/aromatic N) is 2. The smallest absolute Gasteiger partial charge is 0.250 e. The van der Waals surface area contributed by atoms with Crippen LogP contribution in [0.4, 0.5) is 5.82 Å². The van der Waals surface area contributed by atoms with Crippen molar-refractivity contribution in [2.75, 3.05) is 4.72 Å². The van der Waals surface area contributed by atoms with Crippen LogP contribution < -0.4 is 4.72 Å². The number of sulfonamides is 1. The second kappa shape index (κ2) is 4.53. The molecule has 6 nitrogen and oxygen atoms in total. The first-order chi connectivity index (χ1) is 7.36. The van der Waals surface area contributed by atoms with Crippen molar-refractivity contribution in [3.63, 3.8) is 0 Å². The topological polar surface area (TPSA) is 98.6 Å². The van der Waals surface area contributed by atoms with Gasteiger partial charge in [0.2, 0.25) is 10.0 Å².